The van der Waals surface area contributed by atoms with E-state index in [0.717, 1.165) is 42.1 Å². The molecular formula is C30H43NO6. The van der Waals surface area contributed by atoms with Crippen LogP contribution in [0.15, 0.2) is 30.3 Å². The Morgan fingerprint density at radius 2 is 1.84 bits per heavy atom. The van der Waals surface area contributed by atoms with E-state index in [-0.39, 0.29) is 23.1 Å². The predicted octanol–water partition coefficient (Wildman–Crippen LogP) is 5.74. The number of aromatic hydroxyl groups is 1. The Morgan fingerprint density at radius 1 is 1.22 bits per heavy atom. The van der Waals surface area contributed by atoms with Crippen LogP contribution in [0.5, 0.6) is 11.5 Å². The van der Waals surface area contributed by atoms with Gasteiger partial charge in [0.15, 0.2) is 11.5 Å². The summed E-state index contributed by atoms with van der Waals surface area (Å²) in [6.07, 6.45) is 6.56. The van der Waals surface area contributed by atoms with Gasteiger partial charge in [0.2, 0.25) is 6.41 Å². The molecule has 3 rings (SSSR count). The second kappa shape index (κ2) is 12.7. The standard InChI is InChI=1S/C19H20O3.C11H23NO3/c1-12(20)22-18-16-9-11-19(2,3)10-8-14(16)13-6-4-5-7-15(13)17(18)21;1-6-8(2)9(7-13)12-10(14)15-11(3,4)5/h4-8,10,21H,9,11H2,1-3H3;7-10,12,14H,6H2,1-5H3. The summed E-state index contributed by atoms with van der Waals surface area (Å²) in [5.74, 6) is 0.127. The molecule has 0 aromatic heterocycles. The van der Waals surface area contributed by atoms with Crippen LogP contribution in [0.2, 0.25) is 0 Å². The molecule has 1 aliphatic carbocycles. The molecule has 3 atom stereocenters. The topological polar surface area (TPSA) is 105 Å². The minimum absolute atomic E-state index is 0.0534. The highest BCUT2D eigenvalue weighted by atomic mass is 16.6. The number of ether oxygens (including phenoxy) is 2. The number of hydrogen-bond donors (Lipinski definition) is 3. The maximum absolute atomic E-state index is 11.4. The monoisotopic (exact) mass is 513 g/mol. The van der Waals surface area contributed by atoms with Crippen LogP contribution in [0, 0.1) is 11.3 Å². The van der Waals surface area contributed by atoms with E-state index in [1.54, 1.807) is 0 Å². The van der Waals surface area contributed by atoms with Crippen LogP contribution in [0.3, 0.4) is 0 Å². The predicted molar refractivity (Wildman–Crippen MR) is 147 cm³/mol. The van der Waals surface area contributed by atoms with E-state index in [1.165, 1.54) is 6.92 Å². The van der Waals surface area contributed by atoms with Gasteiger partial charge in [0, 0.05) is 17.9 Å². The zero-order chi connectivity index (χ0) is 28.0. The van der Waals surface area contributed by atoms with Crippen LogP contribution in [0.25, 0.3) is 16.8 Å². The van der Waals surface area contributed by atoms with Gasteiger partial charge in [-0.2, -0.15) is 0 Å². The molecule has 7 heteroatoms. The summed E-state index contributed by atoms with van der Waals surface area (Å²) in [7, 11) is 0. The molecule has 7 nitrogen and oxygen atoms in total. The number of rotatable bonds is 7. The van der Waals surface area contributed by atoms with Gasteiger partial charge < -0.3 is 24.5 Å². The molecule has 0 heterocycles. The lowest BCUT2D eigenvalue weighted by Gasteiger charge is -2.28. The Kier molecular flexibility index (Phi) is 10.4. The van der Waals surface area contributed by atoms with Crippen molar-refractivity contribution in [3.05, 3.63) is 41.5 Å². The number of hydrogen-bond acceptors (Lipinski definition) is 7. The van der Waals surface area contributed by atoms with Crippen LogP contribution >= 0.6 is 0 Å². The maximum atomic E-state index is 11.4. The summed E-state index contributed by atoms with van der Waals surface area (Å²) >= 11 is 0. The van der Waals surface area contributed by atoms with Gasteiger partial charge in [-0.1, -0.05) is 70.5 Å². The maximum Gasteiger partial charge on any atom is 0.308 e. The van der Waals surface area contributed by atoms with Gasteiger partial charge >= 0.3 is 5.97 Å². The Hall–Kier alpha value is -2.74. The van der Waals surface area contributed by atoms with Gasteiger partial charge in [-0.05, 0) is 55.9 Å². The van der Waals surface area contributed by atoms with Crippen molar-refractivity contribution >= 4 is 29.1 Å². The van der Waals surface area contributed by atoms with Crippen molar-refractivity contribution in [3.8, 4) is 11.5 Å². The number of fused-ring (bicyclic) bond motifs is 3. The Balaban J connectivity index is 0.000000283. The third-order valence-electron chi connectivity index (χ3n) is 6.46. The van der Waals surface area contributed by atoms with Crippen molar-refractivity contribution in [2.75, 3.05) is 0 Å². The molecule has 3 unspecified atom stereocenters. The van der Waals surface area contributed by atoms with Crippen LogP contribution in [-0.2, 0) is 20.7 Å². The zero-order valence-electron chi connectivity index (χ0n) is 23.4. The number of phenolic OH excluding ortho intramolecular Hbond substituents is 1. The van der Waals surface area contributed by atoms with Gasteiger partial charge in [-0.3, -0.25) is 10.1 Å². The summed E-state index contributed by atoms with van der Waals surface area (Å²) in [6, 6.07) is 7.30. The molecular weight excluding hydrogens is 470 g/mol. The van der Waals surface area contributed by atoms with Crippen LogP contribution < -0.4 is 10.1 Å². The number of nitrogens with one attached hydrogen (secondary N) is 1. The van der Waals surface area contributed by atoms with Crippen molar-refractivity contribution in [2.45, 2.75) is 92.7 Å². The van der Waals surface area contributed by atoms with Crippen LogP contribution in [0.1, 0.15) is 79.4 Å². The van der Waals surface area contributed by atoms with Gasteiger partial charge in [-0.15, -0.1) is 0 Å². The average Bonchev–Trinajstić information content (AvgIpc) is 2.97. The number of phenols is 1. The first-order valence-corrected chi connectivity index (χ1v) is 12.9. The first kappa shape index (κ1) is 30.5. The quantitative estimate of drug-likeness (QED) is 0.188. The highest BCUT2D eigenvalue weighted by Gasteiger charge is 2.26. The molecule has 204 valence electrons. The Labute approximate surface area is 220 Å². The third-order valence-corrected chi connectivity index (χ3v) is 6.46. The first-order chi connectivity index (χ1) is 17.2. The molecule has 0 radical (unpaired) electrons. The average molecular weight is 514 g/mol. The fourth-order valence-electron chi connectivity index (χ4n) is 4.13. The number of carbonyl (C=O) groups excluding carboxylic acids is 2. The highest BCUT2D eigenvalue weighted by Crippen LogP contribution is 2.45. The van der Waals surface area contributed by atoms with Crippen LogP contribution in [-0.4, -0.2) is 40.5 Å². The Morgan fingerprint density at radius 3 is 2.38 bits per heavy atom. The van der Waals surface area contributed by atoms with Gasteiger partial charge in [-0.25, -0.2) is 0 Å². The minimum atomic E-state index is -1.10. The summed E-state index contributed by atoms with van der Waals surface area (Å²) in [6.45, 7) is 15.2. The Bertz CT molecular complexity index is 1120. The molecule has 0 aliphatic heterocycles. The molecule has 0 amide bonds. The summed E-state index contributed by atoms with van der Waals surface area (Å²) in [5.41, 5.74) is 1.59. The number of allylic oxidation sites excluding steroid dienone is 1. The van der Waals surface area contributed by atoms with Crippen molar-refractivity contribution in [2.24, 2.45) is 11.3 Å². The van der Waals surface area contributed by atoms with E-state index in [0.29, 0.717) is 11.1 Å². The number of esters is 1. The van der Waals surface area contributed by atoms with Crippen LogP contribution in [0.4, 0.5) is 0 Å². The molecule has 1 aliphatic rings. The van der Waals surface area contributed by atoms with E-state index < -0.39 is 18.0 Å². The summed E-state index contributed by atoms with van der Waals surface area (Å²) in [5, 5.41) is 24.5. The summed E-state index contributed by atoms with van der Waals surface area (Å²) in [4.78, 5) is 22.2. The minimum Gasteiger partial charge on any atom is -0.504 e. The number of aliphatic hydroxyl groups is 1. The molecule has 0 spiro atoms. The van der Waals surface area contributed by atoms with E-state index in [2.05, 4.69) is 31.3 Å². The van der Waals surface area contributed by atoms with Gasteiger partial charge in [0.05, 0.1) is 11.6 Å². The first-order valence-electron chi connectivity index (χ1n) is 12.9. The number of aliphatic hydroxyl groups excluding tert-OH is 1. The van der Waals surface area contributed by atoms with E-state index in [4.69, 9.17) is 9.47 Å². The highest BCUT2D eigenvalue weighted by molar-refractivity contribution is 5.99. The molecule has 0 bridgehead atoms. The third kappa shape index (κ3) is 8.66. The fourth-order valence-corrected chi connectivity index (χ4v) is 4.13. The van der Waals surface area contributed by atoms with Crippen molar-refractivity contribution in [1.29, 1.82) is 0 Å². The zero-order valence-corrected chi connectivity index (χ0v) is 23.4. The molecule has 3 N–H and O–H groups in total. The lowest BCUT2D eigenvalue weighted by Crippen LogP contribution is -2.47. The van der Waals surface area contributed by atoms with Gasteiger partial charge in [0.1, 0.15) is 6.29 Å². The molecule has 0 saturated heterocycles. The molecule has 2 aromatic rings. The van der Waals surface area contributed by atoms with Crippen molar-refractivity contribution in [3.63, 3.8) is 0 Å². The normalized spacial score (nSPS) is 17.0. The molecule has 2 aromatic carbocycles. The number of benzene rings is 2. The largest absolute Gasteiger partial charge is 0.504 e. The van der Waals surface area contributed by atoms with Crippen molar-refractivity contribution in [1.82, 2.24) is 5.32 Å². The lowest BCUT2D eigenvalue weighted by atomic mass is 9.87. The number of aldehydes is 1. The SMILES string of the molecule is CC(=O)Oc1c2c(c3ccccc3c1O)C=CC(C)(C)CC2.CCC(C)C(C=O)NC(O)OC(C)(C)C. The van der Waals surface area contributed by atoms with Crippen molar-refractivity contribution < 1.29 is 29.3 Å². The summed E-state index contributed by atoms with van der Waals surface area (Å²) < 4.78 is 10.6. The number of carbonyl (C=O) groups is 2. The molecule has 0 fully saturated rings. The fraction of sp³-hybridized carbons (Fsp3) is 0.533. The van der Waals surface area contributed by atoms with E-state index >= 15 is 0 Å². The molecule has 0 saturated carbocycles. The van der Waals surface area contributed by atoms with E-state index in [1.807, 2.05) is 58.9 Å². The second-order valence-electron chi connectivity index (χ2n) is 11.3. The van der Waals surface area contributed by atoms with Gasteiger partial charge in [0.25, 0.3) is 0 Å². The lowest BCUT2D eigenvalue weighted by molar-refractivity contribution is -0.187. The smallest absolute Gasteiger partial charge is 0.308 e. The molecule has 37 heavy (non-hydrogen) atoms. The second-order valence-corrected chi connectivity index (χ2v) is 11.3. The van der Waals surface area contributed by atoms with E-state index in [9.17, 15) is 19.8 Å².